The summed E-state index contributed by atoms with van der Waals surface area (Å²) in [5.74, 6) is -0.443. The predicted molar refractivity (Wildman–Crippen MR) is 63.9 cm³/mol. The number of rotatable bonds is 3. The van der Waals surface area contributed by atoms with Crippen LogP contribution in [-0.4, -0.2) is 10.9 Å². The molecule has 0 spiro atoms. The summed E-state index contributed by atoms with van der Waals surface area (Å²) in [6.45, 7) is 3.65. The lowest BCUT2D eigenvalue weighted by Crippen LogP contribution is -2.11. The smallest absolute Gasteiger partial charge is 0.248 e. The molecule has 0 saturated carbocycles. The van der Waals surface area contributed by atoms with Crippen molar-refractivity contribution in [1.29, 1.82) is 0 Å². The summed E-state index contributed by atoms with van der Waals surface area (Å²) >= 11 is 0. The van der Waals surface area contributed by atoms with Crippen molar-refractivity contribution in [3.63, 3.8) is 0 Å². The van der Waals surface area contributed by atoms with Crippen molar-refractivity contribution in [2.45, 2.75) is 6.04 Å². The minimum Gasteiger partial charge on any atom is -0.366 e. The summed E-state index contributed by atoms with van der Waals surface area (Å²) in [6.07, 6.45) is 3.47. The van der Waals surface area contributed by atoms with Gasteiger partial charge in [0, 0.05) is 28.7 Å². The van der Waals surface area contributed by atoms with Crippen molar-refractivity contribution in [2.24, 2.45) is 11.5 Å². The molecule has 1 amide bonds. The number of aromatic nitrogens is 1. The summed E-state index contributed by atoms with van der Waals surface area (Å²) in [4.78, 5) is 14.2. The molecule has 0 radical (unpaired) electrons. The van der Waals surface area contributed by atoms with E-state index in [0.29, 0.717) is 5.56 Å². The highest BCUT2D eigenvalue weighted by molar-refractivity contribution is 5.98. The summed E-state index contributed by atoms with van der Waals surface area (Å²) in [5, 5.41) is 0.906. The fourth-order valence-corrected chi connectivity index (χ4v) is 1.70. The Balaban J connectivity index is 2.64. The van der Waals surface area contributed by atoms with Crippen LogP contribution in [0.4, 0.5) is 0 Å². The fourth-order valence-electron chi connectivity index (χ4n) is 1.70. The third-order valence-electron chi connectivity index (χ3n) is 2.61. The van der Waals surface area contributed by atoms with Gasteiger partial charge in [0.1, 0.15) is 0 Å². The van der Waals surface area contributed by atoms with E-state index in [0.717, 1.165) is 16.5 Å². The Hall–Kier alpha value is -2.07. The molecule has 0 aliphatic heterocycles. The summed E-state index contributed by atoms with van der Waals surface area (Å²) in [7, 11) is 0. The third kappa shape index (κ3) is 1.59. The Morgan fingerprint density at radius 3 is 2.88 bits per heavy atom. The predicted octanol–water partition coefficient (Wildman–Crippen LogP) is 1.45. The molecule has 1 heterocycles. The van der Waals surface area contributed by atoms with Crippen LogP contribution in [0.25, 0.3) is 10.9 Å². The Morgan fingerprint density at radius 2 is 2.25 bits per heavy atom. The molecule has 2 rings (SSSR count). The van der Waals surface area contributed by atoms with Crippen LogP contribution in [0.2, 0.25) is 0 Å². The first-order valence-electron chi connectivity index (χ1n) is 4.92. The lowest BCUT2D eigenvalue weighted by atomic mass is 10.0. The van der Waals surface area contributed by atoms with Gasteiger partial charge in [-0.2, -0.15) is 0 Å². The highest BCUT2D eigenvalue weighted by Gasteiger charge is 2.10. The Bertz CT molecular complexity index is 556. The molecule has 1 aromatic carbocycles. The maximum Gasteiger partial charge on any atom is 0.248 e. The number of nitrogens with two attached hydrogens (primary N) is 2. The molecular weight excluding hydrogens is 202 g/mol. The zero-order valence-electron chi connectivity index (χ0n) is 8.73. The van der Waals surface area contributed by atoms with E-state index in [1.807, 2.05) is 12.3 Å². The molecule has 0 saturated heterocycles. The molecule has 0 aliphatic carbocycles. The third-order valence-corrected chi connectivity index (χ3v) is 2.61. The van der Waals surface area contributed by atoms with Crippen molar-refractivity contribution in [1.82, 2.24) is 4.98 Å². The average Bonchev–Trinajstić information content (AvgIpc) is 2.70. The molecule has 0 aliphatic rings. The molecule has 16 heavy (non-hydrogen) atoms. The van der Waals surface area contributed by atoms with Crippen LogP contribution in [0.3, 0.4) is 0 Å². The maximum atomic E-state index is 11.1. The van der Waals surface area contributed by atoms with Gasteiger partial charge in [0.2, 0.25) is 5.91 Å². The topological polar surface area (TPSA) is 84.9 Å². The highest BCUT2D eigenvalue weighted by atomic mass is 16.1. The minimum atomic E-state index is -0.443. The van der Waals surface area contributed by atoms with Gasteiger partial charge in [-0.3, -0.25) is 4.79 Å². The van der Waals surface area contributed by atoms with Crippen LogP contribution in [0.5, 0.6) is 0 Å². The second-order valence-corrected chi connectivity index (χ2v) is 3.63. The Kier molecular flexibility index (Phi) is 2.50. The van der Waals surface area contributed by atoms with E-state index < -0.39 is 5.91 Å². The number of primary amides is 1. The zero-order chi connectivity index (χ0) is 11.7. The number of fused-ring (bicyclic) bond motifs is 1. The first-order chi connectivity index (χ1) is 7.63. The first-order valence-corrected chi connectivity index (χ1v) is 4.92. The van der Waals surface area contributed by atoms with Crippen molar-refractivity contribution in [3.05, 3.63) is 48.2 Å². The van der Waals surface area contributed by atoms with Gasteiger partial charge < -0.3 is 16.5 Å². The summed E-state index contributed by atoms with van der Waals surface area (Å²) < 4.78 is 0. The largest absolute Gasteiger partial charge is 0.366 e. The number of H-pyrrole nitrogens is 1. The number of hydrogen-bond acceptors (Lipinski definition) is 2. The fraction of sp³-hybridized carbons (Fsp3) is 0.0833. The average molecular weight is 215 g/mol. The van der Waals surface area contributed by atoms with Crippen molar-refractivity contribution in [3.8, 4) is 0 Å². The van der Waals surface area contributed by atoms with Crippen LogP contribution in [0, 0.1) is 0 Å². The van der Waals surface area contributed by atoms with E-state index in [1.54, 1.807) is 18.2 Å². The molecule has 0 bridgehead atoms. The molecule has 5 N–H and O–H groups in total. The monoisotopic (exact) mass is 215 g/mol. The summed E-state index contributed by atoms with van der Waals surface area (Å²) in [5.41, 5.74) is 13.4. The molecule has 4 heteroatoms. The quantitative estimate of drug-likeness (QED) is 0.677. The first kappa shape index (κ1) is 10.4. The zero-order valence-corrected chi connectivity index (χ0v) is 8.73. The van der Waals surface area contributed by atoms with Crippen LogP contribution >= 0.6 is 0 Å². The van der Waals surface area contributed by atoms with Gasteiger partial charge in [0.15, 0.2) is 0 Å². The van der Waals surface area contributed by atoms with Crippen LogP contribution in [0.1, 0.15) is 22.0 Å². The number of carbonyl (C=O) groups excluding carboxylic acids is 1. The molecule has 1 unspecified atom stereocenters. The van der Waals surface area contributed by atoms with Crippen LogP contribution in [-0.2, 0) is 0 Å². The van der Waals surface area contributed by atoms with Gasteiger partial charge in [0.25, 0.3) is 0 Å². The SMILES string of the molecule is C=CC(N)c1c[nH]c2ccc(C(N)=O)cc12. The lowest BCUT2D eigenvalue weighted by Gasteiger charge is -2.04. The van der Waals surface area contributed by atoms with Gasteiger partial charge >= 0.3 is 0 Å². The van der Waals surface area contributed by atoms with Crippen LogP contribution < -0.4 is 11.5 Å². The standard InChI is InChI=1S/C12H13N3O/c1-2-10(13)9-6-15-11-4-3-7(12(14)16)5-8(9)11/h2-6,10,15H,1,13H2,(H2,14,16). The molecular formula is C12H13N3O. The van der Waals surface area contributed by atoms with E-state index in [1.165, 1.54) is 0 Å². The molecule has 4 nitrogen and oxygen atoms in total. The Morgan fingerprint density at radius 1 is 1.50 bits per heavy atom. The van der Waals surface area contributed by atoms with Crippen molar-refractivity contribution >= 4 is 16.8 Å². The Labute approximate surface area is 92.9 Å². The van der Waals surface area contributed by atoms with E-state index in [2.05, 4.69) is 11.6 Å². The van der Waals surface area contributed by atoms with Gasteiger partial charge in [-0.1, -0.05) is 6.08 Å². The second kappa shape index (κ2) is 3.83. The van der Waals surface area contributed by atoms with E-state index in [-0.39, 0.29) is 6.04 Å². The molecule has 0 fully saturated rings. The second-order valence-electron chi connectivity index (χ2n) is 3.63. The number of nitrogens with one attached hydrogen (secondary N) is 1. The normalized spacial score (nSPS) is 12.6. The van der Waals surface area contributed by atoms with E-state index in [4.69, 9.17) is 11.5 Å². The maximum absolute atomic E-state index is 11.1. The lowest BCUT2D eigenvalue weighted by molar-refractivity contribution is 0.100. The van der Waals surface area contributed by atoms with Gasteiger partial charge in [-0.25, -0.2) is 0 Å². The van der Waals surface area contributed by atoms with Gasteiger partial charge in [-0.15, -0.1) is 6.58 Å². The number of carbonyl (C=O) groups is 1. The minimum absolute atomic E-state index is 0.253. The van der Waals surface area contributed by atoms with Crippen molar-refractivity contribution < 1.29 is 4.79 Å². The van der Waals surface area contributed by atoms with Gasteiger partial charge in [0.05, 0.1) is 0 Å². The molecule has 2 aromatic rings. The molecule has 82 valence electrons. The number of aromatic amines is 1. The number of hydrogen-bond donors (Lipinski definition) is 3. The number of benzene rings is 1. The highest BCUT2D eigenvalue weighted by Crippen LogP contribution is 2.24. The summed E-state index contributed by atoms with van der Waals surface area (Å²) in [6, 6.07) is 4.99. The van der Waals surface area contributed by atoms with E-state index in [9.17, 15) is 4.79 Å². The number of amides is 1. The molecule has 1 atom stereocenters. The van der Waals surface area contributed by atoms with Crippen molar-refractivity contribution in [2.75, 3.05) is 0 Å². The van der Waals surface area contributed by atoms with Crippen LogP contribution in [0.15, 0.2) is 37.1 Å². The van der Waals surface area contributed by atoms with Gasteiger partial charge in [-0.05, 0) is 23.8 Å². The van der Waals surface area contributed by atoms with E-state index >= 15 is 0 Å². The molecule has 1 aromatic heterocycles.